The Labute approximate surface area is 173 Å². The zero-order chi connectivity index (χ0) is 21.7. The van der Waals surface area contributed by atoms with Crippen LogP contribution >= 0.6 is 0 Å². The van der Waals surface area contributed by atoms with Crippen molar-refractivity contribution in [1.29, 1.82) is 0 Å². The number of nitro groups is 1. The quantitative estimate of drug-likeness (QED) is 0.437. The topological polar surface area (TPSA) is 120 Å². The molecule has 0 radical (unpaired) electrons. The number of methoxy groups -OCH3 is 1. The van der Waals surface area contributed by atoms with E-state index >= 15 is 0 Å². The van der Waals surface area contributed by atoms with E-state index in [-0.39, 0.29) is 23.4 Å². The normalized spacial score (nSPS) is 12.8. The molecule has 1 aromatic heterocycles. The number of hydrogen-bond acceptors (Lipinski definition) is 7. The molecule has 9 heteroatoms. The van der Waals surface area contributed by atoms with Crippen molar-refractivity contribution >= 4 is 11.6 Å². The molecule has 0 fully saturated rings. The Morgan fingerprint density at radius 2 is 1.87 bits per heavy atom. The zero-order valence-electron chi connectivity index (χ0n) is 16.9. The van der Waals surface area contributed by atoms with Crippen molar-refractivity contribution in [3.05, 3.63) is 70.1 Å². The lowest BCUT2D eigenvalue weighted by atomic mass is 9.98. The van der Waals surface area contributed by atoms with Gasteiger partial charge in [-0.25, -0.2) is 0 Å². The first kappa shape index (κ1) is 21.0. The number of benzene rings is 2. The second-order valence-electron chi connectivity index (χ2n) is 6.83. The van der Waals surface area contributed by atoms with Gasteiger partial charge in [-0.05, 0) is 42.3 Å². The number of carbonyl (C=O) groups is 1. The Bertz CT molecular complexity index is 1010. The molecule has 156 valence electrons. The van der Waals surface area contributed by atoms with E-state index in [9.17, 15) is 14.9 Å². The fraction of sp³-hybridized carbons (Fsp3) is 0.286. The molecule has 0 aliphatic carbocycles. The third-order valence-corrected chi connectivity index (χ3v) is 4.90. The lowest BCUT2D eigenvalue weighted by molar-refractivity contribution is -0.384. The maximum atomic E-state index is 12.7. The smallest absolute Gasteiger partial charge is 0.269 e. The van der Waals surface area contributed by atoms with Crippen LogP contribution in [0.5, 0.6) is 5.75 Å². The van der Waals surface area contributed by atoms with Gasteiger partial charge >= 0.3 is 0 Å². The van der Waals surface area contributed by atoms with E-state index in [2.05, 4.69) is 15.5 Å². The highest BCUT2D eigenvalue weighted by Gasteiger charge is 2.27. The van der Waals surface area contributed by atoms with Crippen molar-refractivity contribution < 1.29 is 19.0 Å². The summed E-state index contributed by atoms with van der Waals surface area (Å²) in [5.74, 6) is 1.01. The lowest BCUT2D eigenvalue weighted by Gasteiger charge is -2.20. The first-order valence-corrected chi connectivity index (χ1v) is 9.46. The fourth-order valence-electron chi connectivity index (χ4n) is 2.86. The summed E-state index contributed by atoms with van der Waals surface area (Å²) < 4.78 is 10.5. The summed E-state index contributed by atoms with van der Waals surface area (Å²) in [7, 11) is 1.56. The van der Waals surface area contributed by atoms with Crippen LogP contribution in [-0.4, -0.2) is 28.1 Å². The Morgan fingerprint density at radius 1 is 1.20 bits per heavy atom. The number of aromatic nitrogens is 2. The monoisotopic (exact) mass is 410 g/mol. The minimum atomic E-state index is -0.482. The van der Waals surface area contributed by atoms with Crippen LogP contribution in [0.3, 0.4) is 0 Å². The highest BCUT2D eigenvalue weighted by atomic mass is 16.6. The Hall–Kier alpha value is -3.75. The largest absolute Gasteiger partial charge is 0.497 e. The molecule has 1 amide bonds. The number of nitro benzene ring substituents is 1. The van der Waals surface area contributed by atoms with Gasteiger partial charge in [-0.2, -0.15) is 4.98 Å². The molecule has 3 aromatic rings. The number of hydrogen-bond donors (Lipinski definition) is 1. The van der Waals surface area contributed by atoms with Crippen LogP contribution in [0.15, 0.2) is 53.1 Å². The average molecular weight is 410 g/mol. The first-order valence-electron chi connectivity index (χ1n) is 9.46. The number of nitrogens with one attached hydrogen (secondary N) is 1. The number of ether oxygens (including phenoxy) is 1. The van der Waals surface area contributed by atoms with Crippen LogP contribution in [0, 0.1) is 16.0 Å². The molecule has 9 nitrogen and oxygen atoms in total. The fourth-order valence-corrected chi connectivity index (χ4v) is 2.86. The number of non-ortho nitro benzene ring substituents is 1. The molecule has 3 rings (SSSR count). The maximum absolute atomic E-state index is 12.7. The Kier molecular flexibility index (Phi) is 6.41. The maximum Gasteiger partial charge on any atom is 0.269 e. The minimum Gasteiger partial charge on any atom is -0.497 e. The third kappa shape index (κ3) is 4.62. The Morgan fingerprint density at radius 3 is 2.43 bits per heavy atom. The van der Waals surface area contributed by atoms with Crippen molar-refractivity contribution in [2.45, 2.75) is 26.3 Å². The van der Waals surface area contributed by atoms with Crippen molar-refractivity contribution in [2.75, 3.05) is 7.11 Å². The predicted octanol–water partition coefficient (Wildman–Crippen LogP) is 4.17. The molecule has 2 unspecified atom stereocenters. The first-order chi connectivity index (χ1) is 14.4. The molecule has 0 saturated heterocycles. The number of rotatable bonds is 8. The van der Waals surface area contributed by atoms with Gasteiger partial charge in [0.1, 0.15) is 11.8 Å². The van der Waals surface area contributed by atoms with Crippen LogP contribution in [0.4, 0.5) is 5.69 Å². The molecule has 0 bridgehead atoms. The summed E-state index contributed by atoms with van der Waals surface area (Å²) >= 11 is 0. The van der Waals surface area contributed by atoms with Gasteiger partial charge in [-0.15, -0.1) is 0 Å². The van der Waals surface area contributed by atoms with E-state index in [1.807, 2.05) is 13.8 Å². The van der Waals surface area contributed by atoms with Crippen LogP contribution in [0.2, 0.25) is 0 Å². The van der Waals surface area contributed by atoms with Gasteiger partial charge in [0.05, 0.1) is 12.0 Å². The zero-order valence-corrected chi connectivity index (χ0v) is 16.9. The second-order valence-corrected chi connectivity index (χ2v) is 6.83. The molecule has 0 aliphatic rings. The summed E-state index contributed by atoms with van der Waals surface area (Å²) in [6.07, 6.45) is 0.781. The molecule has 30 heavy (non-hydrogen) atoms. The van der Waals surface area contributed by atoms with E-state index < -0.39 is 11.0 Å². The molecular weight excluding hydrogens is 388 g/mol. The Balaban J connectivity index is 1.81. The highest BCUT2D eigenvalue weighted by molar-refractivity contribution is 5.94. The van der Waals surface area contributed by atoms with Gasteiger partial charge in [-0.1, -0.05) is 25.4 Å². The SMILES string of the molecule is CCC(C)C(NC(=O)c1ccc(OC)cc1)c1nc(-c2ccc([N+](=O)[O-])cc2)no1. The predicted molar refractivity (Wildman–Crippen MR) is 109 cm³/mol. The van der Waals surface area contributed by atoms with E-state index in [1.54, 1.807) is 43.5 Å². The minimum absolute atomic E-state index is 0.0216. The molecule has 2 atom stereocenters. The van der Waals surface area contributed by atoms with Gasteiger partial charge in [0.25, 0.3) is 11.6 Å². The molecule has 0 saturated carbocycles. The van der Waals surface area contributed by atoms with Crippen LogP contribution < -0.4 is 10.1 Å². The lowest BCUT2D eigenvalue weighted by Crippen LogP contribution is -2.32. The summed E-state index contributed by atoms with van der Waals surface area (Å²) in [6.45, 7) is 3.99. The highest BCUT2D eigenvalue weighted by Crippen LogP contribution is 2.27. The van der Waals surface area contributed by atoms with Gasteiger partial charge in [0.2, 0.25) is 11.7 Å². The van der Waals surface area contributed by atoms with Gasteiger partial charge in [-0.3, -0.25) is 14.9 Å². The molecule has 0 aliphatic heterocycles. The molecule has 2 aromatic carbocycles. The van der Waals surface area contributed by atoms with Crippen molar-refractivity contribution in [2.24, 2.45) is 5.92 Å². The van der Waals surface area contributed by atoms with Crippen molar-refractivity contribution in [1.82, 2.24) is 15.5 Å². The molecule has 1 N–H and O–H groups in total. The molecular formula is C21H22N4O5. The number of amides is 1. The standard InChI is InChI=1S/C21H22N4O5/c1-4-13(2)18(22-20(26)15-7-11-17(29-3)12-8-15)21-23-19(24-30-21)14-5-9-16(10-6-14)25(27)28/h5-13,18H,4H2,1-3H3,(H,22,26). The summed E-state index contributed by atoms with van der Waals surface area (Å²) in [5.41, 5.74) is 1.05. The van der Waals surface area contributed by atoms with Crippen LogP contribution in [0.1, 0.15) is 42.6 Å². The van der Waals surface area contributed by atoms with Gasteiger partial charge in [0, 0.05) is 23.3 Å². The van der Waals surface area contributed by atoms with Crippen LogP contribution in [0.25, 0.3) is 11.4 Å². The van der Waals surface area contributed by atoms with E-state index in [0.29, 0.717) is 22.7 Å². The van der Waals surface area contributed by atoms with Gasteiger partial charge < -0.3 is 14.6 Å². The molecule has 0 spiro atoms. The van der Waals surface area contributed by atoms with Crippen molar-refractivity contribution in [3.63, 3.8) is 0 Å². The number of carbonyl (C=O) groups excluding carboxylic acids is 1. The van der Waals surface area contributed by atoms with Gasteiger partial charge in [0.15, 0.2) is 0 Å². The van der Waals surface area contributed by atoms with E-state index in [4.69, 9.17) is 9.26 Å². The summed E-state index contributed by atoms with van der Waals surface area (Å²) in [6, 6.07) is 12.2. The number of nitrogens with zero attached hydrogens (tertiary/aromatic N) is 3. The van der Waals surface area contributed by atoms with E-state index in [0.717, 1.165) is 6.42 Å². The molecule has 1 heterocycles. The average Bonchev–Trinajstić information content (AvgIpc) is 3.26. The van der Waals surface area contributed by atoms with Crippen LogP contribution in [-0.2, 0) is 0 Å². The second kappa shape index (κ2) is 9.17. The van der Waals surface area contributed by atoms with Crippen molar-refractivity contribution in [3.8, 4) is 17.1 Å². The summed E-state index contributed by atoms with van der Waals surface area (Å²) in [4.78, 5) is 27.5. The van der Waals surface area contributed by atoms with E-state index in [1.165, 1.54) is 12.1 Å². The third-order valence-electron chi connectivity index (χ3n) is 4.90. The summed E-state index contributed by atoms with van der Waals surface area (Å²) in [5, 5.41) is 17.8.